The van der Waals surface area contributed by atoms with Crippen molar-refractivity contribution in [1.29, 1.82) is 0 Å². The van der Waals surface area contributed by atoms with Crippen molar-refractivity contribution < 1.29 is 14.0 Å². The second-order valence-corrected chi connectivity index (χ2v) is 7.89. The smallest absolute Gasteiger partial charge is 0.324 e. The third-order valence-corrected chi connectivity index (χ3v) is 5.55. The van der Waals surface area contributed by atoms with E-state index in [0.29, 0.717) is 30.0 Å². The van der Waals surface area contributed by atoms with Crippen LogP contribution in [-0.4, -0.2) is 66.4 Å². The molecule has 1 aliphatic heterocycles. The molecule has 9 heteroatoms. The van der Waals surface area contributed by atoms with Gasteiger partial charge in [0.05, 0.1) is 23.8 Å². The van der Waals surface area contributed by atoms with E-state index >= 15 is 0 Å². The van der Waals surface area contributed by atoms with E-state index in [1.807, 2.05) is 14.1 Å². The molecule has 0 radical (unpaired) electrons. The van der Waals surface area contributed by atoms with Crippen molar-refractivity contribution >= 4 is 29.1 Å². The molecule has 2 N–H and O–H groups in total. The van der Waals surface area contributed by atoms with E-state index in [9.17, 15) is 14.0 Å². The van der Waals surface area contributed by atoms with E-state index < -0.39 is 5.82 Å². The van der Waals surface area contributed by atoms with Crippen molar-refractivity contribution in [2.75, 3.05) is 38.6 Å². The maximum atomic E-state index is 13.7. The monoisotopic (exact) mass is 433 g/mol. The number of halogens is 2. The first-order valence-electron chi connectivity index (χ1n) is 9.66. The minimum absolute atomic E-state index is 0.0604. The summed E-state index contributed by atoms with van der Waals surface area (Å²) < 4.78 is 13.7. The van der Waals surface area contributed by atoms with E-state index in [1.54, 1.807) is 17.0 Å². The number of carbonyl (C=O) groups excluding carboxylic acids is 2. The predicted octanol–water partition coefficient (Wildman–Crippen LogP) is 2.78. The van der Waals surface area contributed by atoms with Gasteiger partial charge in [0.2, 0.25) is 0 Å². The number of nitrogens with zero attached hydrogens (tertiary/aromatic N) is 4. The first-order valence-corrected chi connectivity index (χ1v) is 10.0. The van der Waals surface area contributed by atoms with Gasteiger partial charge in [-0.3, -0.25) is 14.7 Å². The van der Waals surface area contributed by atoms with Gasteiger partial charge in [-0.15, -0.1) is 0 Å². The summed E-state index contributed by atoms with van der Waals surface area (Å²) in [5.41, 5.74) is 6.86. The number of aromatic nitrogens is 1. The summed E-state index contributed by atoms with van der Waals surface area (Å²) in [6.07, 6.45) is 2.33. The molecule has 1 aliphatic rings. The van der Waals surface area contributed by atoms with Crippen LogP contribution in [0.2, 0.25) is 5.02 Å². The number of hydrogen-bond acceptors (Lipinski definition) is 5. The standard InChI is InChI=1S/C21H25ClFN5O2/c1-26(2)17-7-8-27(13-17)21(30)28(16-5-6-19(23)18(22)9-16)12-15-4-3-14(11-25-15)20(29)10-24/h3-6,9,11,17H,7-8,10,12-13,24H2,1-2H3/t17-/m1/s1. The Hall–Kier alpha value is -2.55. The van der Waals surface area contributed by atoms with Crippen molar-refractivity contribution in [3.05, 3.63) is 58.6 Å². The lowest BCUT2D eigenvalue weighted by Gasteiger charge is -2.29. The number of carbonyl (C=O) groups is 2. The molecule has 0 spiro atoms. The molecule has 0 unspecified atom stereocenters. The number of amides is 2. The number of pyridine rings is 1. The molecule has 0 saturated carbocycles. The Morgan fingerprint density at radius 1 is 1.30 bits per heavy atom. The van der Waals surface area contributed by atoms with E-state index in [0.717, 1.165) is 6.42 Å². The van der Waals surface area contributed by atoms with Crippen LogP contribution in [0.1, 0.15) is 22.5 Å². The topological polar surface area (TPSA) is 82.8 Å². The Bertz CT molecular complexity index is 922. The largest absolute Gasteiger partial charge is 0.324 e. The van der Waals surface area contributed by atoms with Gasteiger partial charge in [-0.1, -0.05) is 11.6 Å². The maximum absolute atomic E-state index is 13.7. The number of rotatable bonds is 6. The average Bonchev–Trinajstić information content (AvgIpc) is 3.24. The fourth-order valence-corrected chi connectivity index (χ4v) is 3.57. The first-order chi connectivity index (χ1) is 14.3. The van der Waals surface area contributed by atoms with E-state index in [1.165, 1.54) is 29.3 Å². The van der Waals surface area contributed by atoms with Crippen molar-refractivity contribution in [1.82, 2.24) is 14.8 Å². The second kappa shape index (κ2) is 9.51. The van der Waals surface area contributed by atoms with Gasteiger partial charge in [-0.2, -0.15) is 0 Å². The molecular formula is C21H25ClFN5O2. The minimum atomic E-state index is -0.551. The molecule has 7 nitrogen and oxygen atoms in total. The summed E-state index contributed by atoms with van der Waals surface area (Å²) in [4.78, 5) is 34.7. The molecule has 1 aromatic carbocycles. The highest BCUT2D eigenvalue weighted by Crippen LogP contribution is 2.26. The zero-order valence-electron chi connectivity index (χ0n) is 17.0. The van der Waals surface area contributed by atoms with Crippen molar-refractivity contribution in [2.24, 2.45) is 5.73 Å². The fourth-order valence-electron chi connectivity index (χ4n) is 3.39. The van der Waals surface area contributed by atoms with E-state index in [-0.39, 0.29) is 36.0 Å². The van der Waals surface area contributed by atoms with Gasteiger partial charge in [-0.25, -0.2) is 9.18 Å². The van der Waals surface area contributed by atoms with Gasteiger partial charge in [0.15, 0.2) is 5.78 Å². The number of nitrogens with two attached hydrogens (primary N) is 1. The Morgan fingerprint density at radius 2 is 2.07 bits per heavy atom. The quantitative estimate of drug-likeness (QED) is 0.708. The van der Waals surface area contributed by atoms with Crippen LogP contribution in [0.3, 0.4) is 0 Å². The Balaban J connectivity index is 1.87. The number of Topliss-reactive ketones (excluding diaryl/α,β-unsaturated/α-hetero) is 1. The van der Waals surface area contributed by atoms with Crippen LogP contribution < -0.4 is 10.6 Å². The Morgan fingerprint density at radius 3 is 2.63 bits per heavy atom. The Kier molecular flexibility index (Phi) is 7.02. The minimum Gasteiger partial charge on any atom is -0.324 e. The molecule has 2 heterocycles. The number of likely N-dealkylation sites (tertiary alicyclic amines) is 1. The molecular weight excluding hydrogens is 409 g/mol. The lowest BCUT2D eigenvalue weighted by Crippen LogP contribution is -2.43. The van der Waals surface area contributed by atoms with Crippen LogP contribution in [0.4, 0.5) is 14.9 Å². The third kappa shape index (κ3) is 4.95. The van der Waals surface area contributed by atoms with Crippen LogP contribution in [0.25, 0.3) is 0 Å². The van der Waals surface area contributed by atoms with Crippen LogP contribution in [-0.2, 0) is 6.54 Å². The number of likely N-dealkylation sites (N-methyl/N-ethyl adjacent to an activating group) is 1. The highest BCUT2D eigenvalue weighted by atomic mass is 35.5. The van der Waals surface area contributed by atoms with Crippen LogP contribution >= 0.6 is 11.6 Å². The zero-order valence-corrected chi connectivity index (χ0v) is 17.8. The van der Waals surface area contributed by atoms with Gasteiger partial charge in [0.1, 0.15) is 5.82 Å². The molecule has 1 aromatic heterocycles. The fraction of sp³-hybridized carbons (Fsp3) is 0.381. The number of ketones is 1. The summed E-state index contributed by atoms with van der Waals surface area (Å²) in [6.45, 7) is 1.29. The molecule has 1 fully saturated rings. The van der Waals surface area contributed by atoms with E-state index in [4.69, 9.17) is 17.3 Å². The number of urea groups is 1. The second-order valence-electron chi connectivity index (χ2n) is 7.48. The molecule has 1 atom stereocenters. The molecule has 160 valence electrons. The lowest BCUT2D eigenvalue weighted by molar-refractivity contribution is 0.100. The number of hydrogen-bond donors (Lipinski definition) is 1. The highest BCUT2D eigenvalue weighted by molar-refractivity contribution is 6.31. The van der Waals surface area contributed by atoms with Gasteiger partial charge in [-0.05, 0) is 50.8 Å². The molecule has 0 aliphatic carbocycles. The summed E-state index contributed by atoms with van der Waals surface area (Å²) in [5.74, 6) is -0.761. The lowest BCUT2D eigenvalue weighted by atomic mass is 10.1. The van der Waals surface area contributed by atoms with Crippen LogP contribution in [0, 0.1) is 5.82 Å². The third-order valence-electron chi connectivity index (χ3n) is 5.26. The molecule has 2 amide bonds. The SMILES string of the molecule is CN(C)[C@@H]1CCN(C(=O)N(Cc2ccc(C(=O)CN)cn2)c2ccc(F)c(Cl)c2)C1. The number of anilines is 1. The van der Waals surface area contributed by atoms with Crippen molar-refractivity contribution in [3.8, 4) is 0 Å². The summed E-state index contributed by atoms with van der Waals surface area (Å²) >= 11 is 5.96. The normalized spacial score (nSPS) is 16.2. The number of benzene rings is 1. The highest BCUT2D eigenvalue weighted by Gasteiger charge is 2.31. The average molecular weight is 434 g/mol. The van der Waals surface area contributed by atoms with Crippen molar-refractivity contribution in [3.63, 3.8) is 0 Å². The van der Waals surface area contributed by atoms with Gasteiger partial charge in [0, 0.05) is 36.6 Å². The van der Waals surface area contributed by atoms with Crippen molar-refractivity contribution in [2.45, 2.75) is 19.0 Å². The summed E-state index contributed by atoms with van der Waals surface area (Å²) in [7, 11) is 3.98. The zero-order chi connectivity index (χ0) is 21.8. The molecule has 3 rings (SSSR count). The van der Waals surface area contributed by atoms with Crippen LogP contribution in [0.5, 0.6) is 0 Å². The Labute approximate surface area is 180 Å². The maximum Gasteiger partial charge on any atom is 0.324 e. The predicted molar refractivity (Wildman–Crippen MR) is 114 cm³/mol. The molecule has 0 bridgehead atoms. The molecule has 1 saturated heterocycles. The van der Waals surface area contributed by atoms with E-state index in [2.05, 4.69) is 9.88 Å². The van der Waals surface area contributed by atoms with Gasteiger partial charge in [0.25, 0.3) is 0 Å². The molecule has 30 heavy (non-hydrogen) atoms. The van der Waals surface area contributed by atoms with Gasteiger partial charge >= 0.3 is 6.03 Å². The summed E-state index contributed by atoms with van der Waals surface area (Å²) in [6, 6.07) is 7.58. The molecule has 2 aromatic rings. The van der Waals surface area contributed by atoms with Gasteiger partial charge < -0.3 is 15.5 Å². The van der Waals surface area contributed by atoms with Crippen LogP contribution in [0.15, 0.2) is 36.5 Å². The first kappa shape index (κ1) is 22.1. The summed E-state index contributed by atoms with van der Waals surface area (Å²) in [5, 5.41) is -0.0604.